The van der Waals surface area contributed by atoms with E-state index in [2.05, 4.69) is 12.1 Å². The predicted octanol–water partition coefficient (Wildman–Crippen LogP) is 2.50. The highest BCUT2D eigenvalue weighted by Crippen LogP contribution is 2.16. The summed E-state index contributed by atoms with van der Waals surface area (Å²) in [5.74, 6) is 0.00237. The number of benzene rings is 1. The molecule has 0 aliphatic carbocycles. The highest BCUT2D eigenvalue weighted by Gasteiger charge is 2.28. The lowest BCUT2D eigenvalue weighted by molar-refractivity contribution is -0.146. The van der Waals surface area contributed by atoms with E-state index >= 15 is 0 Å². The molecule has 1 aliphatic rings. The highest BCUT2D eigenvalue weighted by atomic mass is 16.5. The molecule has 6 heteroatoms. The number of unbranched alkanes of at least 4 members (excludes halogenated alkanes) is 2. The standard InChI is InChI=1S/C19H27NO5/c1-24-17-9-7-15(8-10-17)5-3-2-4-6-18(21)20-11-12-25-14-16(20)13-19(22)23/h7-10,16H,2-6,11-14H2,1H3,(H,22,23). The van der Waals surface area contributed by atoms with Crippen LogP contribution in [0.3, 0.4) is 0 Å². The molecular weight excluding hydrogens is 322 g/mol. The number of rotatable bonds is 9. The van der Waals surface area contributed by atoms with Crippen LogP contribution in [0, 0.1) is 0 Å². The van der Waals surface area contributed by atoms with Crippen molar-refractivity contribution in [1.82, 2.24) is 4.90 Å². The summed E-state index contributed by atoms with van der Waals surface area (Å²) in [7, 11) is 1.65. The van der Waals surface area contributed by atoms with Gasteiger partial charge in [0, 0.05) is 13.0 Å². The zero-order valence-electron chi connectivity index (χ0n) is 14.8. The van der Waals surface area contributed by atoms with Crippen molar-refractivity contribution in [3.63, 3.8) is 0 Å². The maximum absolute atomic E-state index is 12.4. The number of methoxy groups -OCH3 is 1. The number of hydrogen-bond donors (Lipinski definition) is 1. The zero-order valence-corrected chi connectivity index (χ0v) is 14.8. The molecule has 1 heterocycles. The van der Waals surface area contributed by atoms with Crippen LogP contribution in [0.5, 0.6) is 5.75 Å². The average molecular weight is 349 g/mol. The summed E-state index contributed by atoms with van der Waals surface area (Å²) in [6.45, 7) is 1.29. The number of hydrogen-bond acceptors (Lipinski definition) is 4. The van der Waals surface area contributed by atoms with Gasteiger partial charge in [-0.1, -0.05) is 18.6 Å². The summed E-state index contributed by atoms with van der Waals surface area (Å²) in [5.41, 5.74) is 1.27. The molecule has 1 aromatic carbocycles. The first-order valence-electron chi connectivity index (χ1n) is 8.82. The molecular formula is C19H27NO5. The molecule has 1 unspecified atom stereocenters. The summed E-state index contributed by atoms with van der Waals surface area (Å²) in [5, 5.41) is 8.95. The largest absolute Gasteiger partial charge is 0.497 e. The number of ether oxygens (including phenoxy) is 2. The lowest BCUT2D eigenvalue weighted by atomic mass is 10.0. The first-order valence-corrected chi connectivity index (χ1v) is 8.82. The van der Waals surface area contributed by atoms with E-state index in [4.69, 9.17) is 14.6 Å². The van der Waals surface area contributed by atoms with E-state index in [9.17, 15) is 9.59 Å². The zero-order chi connectivity index (χ0) is 18.1. The van der Waals surface area contributed by atoms with Gasteiger partial charge in [-0.05, 0) is 37.0 Å². The molecule has 0 aromatic heterocycles. The second kappa shape index (κ2) is 10.0. The predicted molar refractivity (Wildman–Crippen MR) is 93.7 cm³/mol. The van der Waals surface area contributed by atoms with E-state index in [1.165, 1.54) is 5.56 Å². The number of carboxylic acids is 1. The molecule has 0 saturated carbocycles. The summed E-state index contributed by atoms with van der Waals surface area (Å²) < 4.78 is 10.4. The quantitative estimate of drug-likeness (QED) is 0.693. The highest BCUT2D eigenvalue weighted by molar-refractivity contribution is 5.77. The number of carbonyl (C=O) groups is 2. The first-order chi connectivity index (χ1) is 12.1. The molecule has 138 valence electrons. The van der Waals surface area contributed by atoms with Crippen LogP contribution in [-0.4, -0.2) is 54.8 Å². The third-order valence-electron chi connectivity index (χ3n) is 4.47. The van der Waals surface area contributed by atoms with Crippen molar-refractivity contribution in [3.05, 3.63) is 29.8 Å². The molecule has 0 spiro atoms. The molecule has 1 aromatic rings. The maximum Gasteiger partial charge on any atom is 0.305 e. The summed E-state index contributed by atoms with van der Waals surface area (Å²) >= 11 is 0. The molecule has 2 rings (SSSR count). The van der Waals surface area contributed by atoms with Crippen molar-refractivity contribution in [2.75, 3.05) is 26.9 Å². The Hall–Kier alpha value is -2.08. The van der Waals surface area contributed by atoms with Crippen LogP contribution in [-0.2, 0) is 20.7 Å². The smallest absolute Gasteiger partial charge is 0.305 e. The molecule has 1 aliphatic heterocycles. The molecule has 1 atom stereocenters. The molecule has 1 amide bonds. The monoisotopic (exact) mass is 349 g/mol. The Morgan fingerprint density at radius 3 is 2.68 bits per heavy atom. The van der Waals surface area contributed by atoms with E-state index < -0.39 is 5.97 Å². The molecule has 1 N–H and O–H groups in total. The van der Waals surface area contributed by atoms with Gasteiger partial charge in [-0.25, -0.2) is 0 Å². The van der Waals surface area contributed by atoms with Gasteiger partial charge in [0.2, 0.25) is 5.91 Å². The van der Waals surface area contributed by atoms with E-state index in [0.29, 0.717) is 26.2 Å². The fourth-order valence-electron chi connectivity index (χ4n) is 3.07. The minimum Gasteiger partial charge on any atom is -0.497 e. The van der Waals surface area contributed by atoms with Gasteiger partial charge < -0.3 is 19.5 Å². The fraction of sp³-hybridized carbons (Fsp3) is 0.579. The van der Waals surface area contributed by atoms with Gasteiger partial charge in [-0.2, -0.15) is 0 Å². The molecule has 25 heavy (non-hydrogen) atoms. The number of aryl methyl sites for hydroxylation is 1. The van der Waals surface area contributed by atoms with Crippen molar-refractivity contribution in [1.29, 1.82) is 0 Å². The third-order valence-corrected chi connectivity index (χ3v) is 4.47. The number of carboxylic acid groups (broad SMARTS) is 1. The van der Waals surface area contributed by atoms with Crippen LogP contribution in [0.15, 0.2) is 24.3 Å². The number of carbonyl (C=O) groups excluding carboxylic acids is 1. The second-order valence-electron chi connectivity index (χ2n) is 6.32. The van der Waals surface area contributed by atoms with Crippen LogP contribution in [0.4, 0.5) is 0 Å². The Kier molecular flexibility index (Phi) is 7.73. The van der Waals surface area contributed by atoms with Crippen molar-refractivity contribution in [2.24, 2.45) is 0 Å². The number of nitrogens with zero attached hydrogens (tertiary/aromatic N) is 1. The van der Waals surface area contributed by atoms with E-state index in [1.54, 1.807) is 12.0 Å². The van der Waals surface area contributed by atoms with E-state index in [0.717, 1.165) is 31.4 Å². The molecule has 1 fully saturated rings. The molecule has 6 nitrogen and oxygen atoms in total. The van der Waals surface area contributed by atoms with Crippen LogP contribution in [0.25, 0.3) is 0 Å². The topological polar surface area (TPSA) is 76.1 Å². The lowest BCUT2D eigenvalue weighted by Crippen LogP contribution is -2.49. The summed E-state index contributed by atoms with van der Waals surface area (Å²) in [6, 6.07) is 7.71. The number of morpholine rings is 1. The van der Waals surface area contributed by atoms with Gasteiger partial charge in [0.25, 0.3) is 0 Å². The Balaban J connectivity index is 1.67. The van der Waals surface area contributed by atoms with Crippen LogP contribution < -0.4 is 4.74 Å². The fourth-order valence-corrected chi connectivity index (χ4v) is 3.07. The average Bonchev–Trinajstić information content (AvgIpc) is 2.61. The SMILES string of the molecule is COc1ccc(CCCCCC(=O)N2CCOCC2CC(=O)O)cc1. The molecule has 0 bridgehead atoms. The van der Waals surface area contributed by atoms with Gasteiger partial charge in [0.05, 0.1) is 32.8 Å². The molecule has 1 saturated heterocycles. The normalized spacial score (nSPS) is 17.3. The summed E-state index contributed by atoms with van der Waals surface area (Å²) in [6.07, 6.45) is 4.23. The minimum atomic E-state index is -0.896. The van der Waals surface area contributed by atoms with Gasteiger partial charge in [0.15, 0.2) is 0 Å². The Morgan fingerprint density at radius 1 is 1.24 bits per heavy atom. The van der Waals surface area contributed by atoms with Crippen molar-refractivity contribution in [3.8, 4) is 5.75 Å². The lowest BCUT2D eigenvalue weighted by Gasteiger charge is -2.35. The Bertz CT molecular complexity index is 557. The van der Waals surface area contributed by atoms with Crippen LogP contribution in [0.1, 0.15) is 37.7 Å². The van der Waals surface area contributed by atoms with Crippen molar-refractivity contribution in [2.45, 2.75) is 44.6 Å². The number of aliphatic carboxylic acids is 1. The van der Waals surface area contributed by atoms with Crippen LogP contribution >= 0.6 is 0 Å². The van der Waals surface area contributed by atoms with Gasteiger partial charge >= 0.3 is 5.97 Å². The third kappa shape index (κ3) is 6.38. The summed E-state index contributed by atoms with van der Waals surface area (Å²) in [4.78, 5) is 24.9. The first kappa shape index (κ1) is 19.2. The minimum absolute atomic E-state index is 0.0407. The van der Waals surface area contributed by atoms with Crippen molar-refractivity contribution < 1.29 is 24.2 Å². The van der Waals surface area contributed by atoms with Gasteiger partial charge in [-0.3, -0.25) is 9.59 Å². The van der Waals surface area contributed by atoms with Gasteiger partial charge in [-0.15, -0.1) is 0 Å². The Morgan fingerprint density at radius 2 is 2.00 bits per heavy atom. The molecule has 0 radical (unpaired) electrons. The van der Waals surface area contributed by atoms with Crippen LogP contribution in [0.2, 0.25) is 0 Å². The van der Waals surface area contributed by atoms with E-state index in [-0.39, 0.29) is 18.4 Å². The second-order valence-corrected chi connectivity index (χ2v) is 6.32. The number of amides is 1. The maximum atomic E-state index is 12.4. The van der Waals surface area contributed by atoms with E-state index in [1.807, 2.05) is 12.1 Å². The Labute approximate surface area is 148 Å². The van der Waals surface area contributed by atoms with Gasteiger partial charge in [0.1, 0.15) is 5.75 Å². The van der Waals surface area contributed by atoms with Crippen molar-refractivity contribution >= 4 is 11.9 Å².